The molecule has 0 aliphatic heterocycles. The van der Waals surface area contributed by atoms with Gasteiger partial charge in [-0.15, -0.1) is 0 Å². The molecule has 0 amide bonds. The van der Waals surface area contributed by atoms with Crippen LogP contribution in [0.4, 0.5) is 5.82 Å². The molecular weight excluding hydrogens is 420 g/mol. The Labute approximate surface area is 186 Å². The Morgan fingerprint density at radius 2 is 1.53 bits per heavy atom. The quantitative estimate of drug-likeness (QED) is 0.437. The van der Waals surface area contributed by atoms with Gasteiger partial charge in [-0.2, -0.15) is 0 Å². The molecule has 0 bridgehead atoms. The maximum Gasteiger partial charge on any atom is 0.212 e. The van der Waals surface area contributed by atoms with Gasteiger partial charge in [0.1, 0.15) is 16.2 Å². The van der Waals surface area contributed by atoms with E-state index in [1.54, 1.807) is 22.8 Å². The van der Waals surface area contributed by atoms with Crippen LogP contribution in [0.1, 0.15) is 16.7 Å². The van der Waals surface area contributed by atoms with Crippen molar-refractivity contribution < 1.29 is 8.42 Å². The Kier molecular flexibility index (Phi) is 4.71. The topological polar surface area (TPSA) is 90.9 Å². The number of nitrogens with zero attached hydrogens (tertiary/aromatic N) is 3. The number of rotatable bonds is 4. The Balaban J connectivity index is 1.81. The second-order valence-electron chi connectivity index (χ2n) is 7.99. The first-order chi connectivity index (χ1) is 15.3. The van der Waals surface area contributed by atoms with Crippen molar-refractivity contribution in [1.82, 2.24) is 14.5 Å². The molecule has 160 valence electrons. The number of nitrogen functional groups attached to an aromatic ring is 1. The van der Waals surface area contributed by atoms with Gasteiger partial charge in [0.15, 0.2) is 5.65 Å². The average molecular weight is 443 g/mol. The number of aromatic nitrogens is 3. The number of benzene rings is 3. The number of fused-ring (bicyclic) bond motifs is 2. The summed E-state index contributed by atoms with van der Waals surface area (Å²) in [4.78, 5) is 9.63. The molecule has 5 rings (SSSR count). The van der Waals surface area contributed by atoms with Crippen LogP contribution >= 0.6 is 0 Å². The molecule has 0 atom stereocenters. The second kappa shape index (κ2) is 7.46. The summed E-state index contributed by atoms with van der Waals surface area (Å²) in [5, 5.41) is 0. The molecule has 7 heteroatoms. The molecule has 2 aromatic heterocycles. The van der Waals surface area contributed by atoms with E-state index in [2.05, 4.69) is 4.98 Å². The first-order valence-corrected chi connectivity index (χ1v) is 11.7. The Morgan fingerprint density at radius 3 is 2.22 bits per heavy atom. The number of para-hydroxylation sites is 2. The van der Waals surface area contributed by atoms with Gasteiger partial charge in [-0.05, 0) is 49.2 Å². The molecule has 6 nitrogen and oxygen atoms in total. The molecule has 0 saturated heterocycles. The van der Waals surface area contributed by atoms with Gasteiger partial charge in [-0.3, -0.25) is 0 Å². The van der Waals surface area contributed by atoms with E-state index in [0.717, 1.165) is 16.7 Å². The Morgan fingerprint density at radius 1 is 0.844 bits per heavy atom. The third kappa shape index (κ3) is 3.31. The molecule has 0 radical (unpaired) electrons. The summed E-state index contributed by atoms with van der Waals surface area (Å²) in [6, 6.07) is 22.3. The zero-order chi connectivity index (χ0) is 22.5. The van der Waals surface area contributed by atoms with E-state index in [1.165, 1.54) is 0 Å². The predicted molar refractivity (Wildman–Crippen MR) is 126 cm³/mol. The number of nitrogens with two attached hydrogens (primary N) is 1. The third-order valence-electron chi connectivity index (χ3n) is 5.58. The number of aryl methyl sites for hydroxylation is 2. The van der Waals surface area contributed by atoms with Gasteiger partial charge in [-0.25, -0.2) is 18.4 Å². The van der Waals surface area contributed by atoms with Crippen molar-refractivity contribution in [2.24, 2.45) is 0 Å². The van der Waals surface area contributed by atoms with Crippen LogP contribution in [0, 0.1) is 13.8 Å². The summed E-state index contributed by atoms with van der Waals surface area (Å²) in [6.07, 6.45) is 0. The molecule has 0 aliphatic carbocycles. The number of anilines is 1. The number of hydrogen-bond acceptors (Lipinski definition) is 5. The lowest BCUT2D eigenvalue weighted by atomic mass is 10.1. The predicted octanol–water partition coefficient (Wildman–Crippen LogP) is 4.66. The number of hydrogen-bond donors (Lipinski definition) is 1. The molecule has 0 aliphatic rings. The average Bonchev–Trinajstić information content (AvgIpc) is 3.04. The van der Waals surface area contributed by atoms with E-state index in [-0.39, 0.29) is 21.1 Å². The van der Waals surface area contributed by atoms with Crippen molar-refractivity contribution in [1.29, 1.82) is 0 Å². The summed E-state index contributed by atoms with van der Waals surface area (Å²) in [7, 11) is -3.91. The van der Waals surface area contributed by atoms with Crippen LogP contribution in [0.2, 0.25) is 0 Å². The minimum absolute atomic E-state index is 0.00321. The largest absolute Gasteiger partial charge is 0.384 e. The van der Waals surface area contributed by atoms with Crippen molar-refractivity contribution in [3.63, 3.8) is 0 Å². The van der Waals surface area contributed by atoms with Gasteiger partial charge in [0.25, 0.3) is 0 Å². The first-order valence-electron chi connectivity index (χ1n) is 10.3. The minimum Gasteiger partial charge on any atom is -0.384 e. The van der Waals surface area contributed by atoms with Crippen LogP contribution < -0.4 is 5.73 Å². The SMILES string of the molecule is Cc1ccc(Cn2c(N)c(S(=O)(=O)c3cccc(C)c3)c3nc4ccccc4nc32)cc1. The third-order valence-corrected chi connectivity index (χ3v) is 7.39. The maximum absolute atomic E-state index is 13.7. The van der Waals surface area contributed by atoms with Crippen LogP contribution in [-0.4, -0.2) is 23.0 Å². The molecule has 2 heterocycles. The molecule has 2 N–H and O–H groups in total. The fraction of sp³-hybridized carbons (Fsp3) is 0.120. The second-order valence-corrected chi connectivity index (χ2v) is 9.88. The first kappa shape index (κ1) is 20.2. The van der Waals surface area contributed by atoms with Crippen molar-refractivity contribution in [3.8, 4) is 0 Å². The highest BCUT2D eigenvalue weighted by Gasteiger charge is 2.30. The smallest absolute Gasteiger partial charge is 0.212 e. The molecule has 0 fully saturated rings. The zero-order valence-corrected chi connectivity index (χ0v) is 18.6. The highest BCUT2D eigenvalue weighted by atomic mass is 32.2. The highest BCUT2D eigenvalue weighted by Crippen LogP contribution is 2.35. The van der Waals surface area contributed by atoms with Crippen molar-refractivity contribution >= 4 is 37.9 Å². The molecule has 0 spiro atoms. The molecule has 32 heavy (non-hydrogen) atoms. The lowest BCUT2D eigenvalue weighted by Crippen LogP contribution is -2.09. The molecule has 0 unspecified atom stereocenters. The Hall–Kier alpha value is -3.71. The van der Waals surface area contributed by atoms with Crippen molar-refractivity contribution in [2.75, 3.05) is 5.73 Å². The van der Waals surface area contributed by atoms with Gasteiger partial charge in [-0.1, -0.05) is 54.1 Å². The molecule has 3 aromatic carbocycles. The summed E-state index contributed by atoms with van der Waals surface area (Å²) >= 11 is 0. The van der Waals surface area contributed by atoms with Crippen molar-refractivity contribution in [2.45, 2.75) is 30.2 Å². The fourth-order valence-corrected chi connectivity index (χ4v) is 5.50. The van der Waals surface area contributed by atoms with Gasteiger partial charge in [0, 0.05) is 0 Å². The maximum atomic E-state index is 13.7. The highest BCUT2D eigenvalue weighted by molar-refractivity contribution is 7.92. The van der Waals surface area contributed by atoms with E-state index in [4.69, 9.17) is 10.7 Å². The summed E-state index contributed by atoms with van der Waals surface area (Å²) in [6.45, 7) is 4.27. The van der Waals surface area contributed by atoms with E-state index in [1.807, 2.05) is 68.4 Å². The van der Waals surface area contributed by atoms with Gasteiger partial charge in [0.05, 0.1) is 22.5 Å². The zero-order valence-electron chi connectivity index (χ0n) is 17.8. The summed E-state index contributed by atoms with van der Waals surface area (Å²) in [5.74, 6) is 0.136. The van der Waals surface area contributed by atoms with Crippen LogP contribution in [0.3, 0.4) is 0 Å². The minimum atomic E-state index is -3.91. The lowest BCUT2D eigenvalue weighted by molar-refractivity contribution is 0.596. The van der Waals surface area contributed by atoms with E-state index in [9.17, 15) is 8.42 Å². The fourth-order valence-electron chi connectivity index (χ4n) is 3.89. The molecule has 5 aromatic rings. The van der Waals surface area contributed by atoms with Crippen molar-refractivity contribution in [3.05, 3.63) is 89.5 Å². The Bertz CT molecular complexity index is 1590. The van der Waals surface area contributed by atoms with Crippen LogP contribution in [0.15, 0.2) is 82.6 Å². The van der Waals surface area contributed by atoms with Crippen LogP contribution in [0.5, 0.6) is 0 Å². The van der Waals surface area contributed by atoms with E-state index < -0.39 is 9.84 Å². The normalized spacial score (nSPS) is 11.9. The van der Waals surface area contributed by atoms with E-state index in [0.29, 0.717) is 23.2 Å². The van der Waals surface area contributed by atoms with Gasteiger partial charge >= 0.3 is 0 Å². The lowest BCUT2D eigenvalue weighted by Gasteiger charge is -2.09. The van der Waals surface area contributed by atoms with Gasteiger partial charge in [0.2, 0.25) is 9.84 Å². The molecular formula is C25H22N4O2S. The monoisotopic (exact) mass is 442 g/mol. The summed E-state index contributed by atoms with van der Waals surface area (Å²) < 4.78 is 29.2. The van der Waals surface area contributed by atoms with Gasteiger partial charge < -0.3 is 10.3 Å². The van der Waals surface area contributed by atoms with Crippen LogP contribution in [-0.2, 0) is 16.4 Å². The standard InChI is InChI=1S/C25H22N4O2S/c1-16-10-12-18(13-11-16)15-29-24(26)23(32(30,31)19-7-5-6-17(2)14-19)22-25(29)28-21-9-4-3-8-20(21)27-22/h3-14H,15,26H2,1-2H3. The molecule has 0 saturated carbocycles. The van der Waals surface area contributed by atoms with E-state index >= 15 is 0 Å². The summed E-state index contributed by atoms with van der Waals surface area (Å²) in [5.41, 5.74) is 11.6. The number of sulfone groups is 1. The van der Waals surface area contributed by atoms with Crippen LogP contribution in [0.25, 0.3) is 22.2 Å².